The highest BCUT2D eigenvalue weighted by Gasteiger charge is 2.44. The number of halogens is 3. The monoisotopic (exact) mass is 613 g/mol. The molecule has 2 aromatic carbocycles. The fourth-order valence-electron chi connectivity index (χ4n) is 4.85. The zero-order chi connectivity index (χ0) is 31.1. The van der Waals surface area contributed by atoms with Gasteiger partial charge in [-0.05, 0) is 56.7 Å². The summed E-state index contributed by atoms with van der Waals surface area (Å²) in [6.07, 6.45) is 0.439. The number of rotatable bonds is 11. The first-order valence-electron chi connectivity index (χ1n) is 13.5. The Morgan fingerprint density at radius 1 is 1.02 bits per heavy atom. The molecule has 226 valence electrons. The van der Waals surface area contributed by atoms with Gasteiger partial charge in [-0.15, -0.1) is 11.8 Å². The highest BCUT2D eigenvalue weighted by molar-refractivity contribution is 8.00. The van der Waals surface area contributed by atoms with Crippen LogP contribution in [0.3, 0.4) is 0 Å². The van der Waals surface area contributed by atoms with Crippen LogP contribution in [0.4, 0.5) is 13.2 Å². The lowest BCUT2D eigenvalue weighted by Gasteiger charge is -2.32. The molecule has 0 saturated heterocycles. The van der Waals surface area contributed by atoms with Crippen LogP contribution in [0.25, 0.3) is 5.69 Å². The van der Waals surface area contributed by atoms with Crippen LogP contribution in [-0.4, -0.2) is 57.7 Å². The van der Waals surface area contributed by atoms with Gasteiger partial charge in [0, 0.05) is 41.0 Å². The van der Waals surface area contributed by atoms with Crippen molar-refractivity contribution in [1.82, 2.24) is 9.55 Å². The zero-order valence-electron chi connectivity index (χ0n) is 23.8. The number of hydrogen-bond donors (Lipinski definition) is 0. The third kappa shape index (κ3) is 7.42. The van der Waals surface area contributed by atoms with Crippen molar-refractivity contribution < 1.29 is 37.0 Å². The Morgan fingerprint density at radius 3 is 2.37 bits per heavy atom. The number of nitrogens with zero attached hydrogens (tertiary/aromatic N) is 3. The van der Waals surface area contributed by atoms with Crippen molar-refractivity contribution in [3.8, 4) is 5.69 Å². The van der Waals surface area contributed by atoms with Gasteiger partial charge >= 0.3 is 18.1 Å². The summed E-state index contributed by atoms with van der Waals surface area (Å²) in [7, 11) is 0. The predicted octanol–water partition coefficient (Wildman–Crippen LogP) is 6.06. The Labute approximate surface area is 251 Å². The molecule has 8 nitrogen and oxygen atoms in total. The van der Waals surface area contributed by atoms with E-state index in [-0.39, 0.29) is 53.0 Å². The van der Waals surface area contributed by atoms with E-state index >= 15 is 0 Å². The van der Waals surface area contributed by atoms with E-state index in [4.69, 9.17) is 9.47 Å². The SMILES string of the molecule is CCOC(=O)C1=C(CSCC(=O)c2ccc(-n3ccnc3)cc2)N=C(C)C(C(=O)OCC)C1c1cccc(C(F)(F)F)c1. The molecule has 2 unspecified atom stereocenters. The van der Waals surface area contributed by atoms with E-state index in [1.807, 2.05) is 0 Å². The fourth-order valence-corrected chi connectivity index (χ4v) is 5.72. The second-order valence-electron chi connectivity index (χ2n) is 9.60. The van der Waals surface area contributed by atoms with E-state index in [0.717, 1.165) is 17.8 Å². The van der Waals surface area contributed by atoms with E-state index in [1.54, 1.807) is 68.3 Å². The van der Waals surface area contributed by atoms with Crippen molar-refractivity contribution in [3.63, 3.8) is 0 Å². The summed E-state index contributed by atoms with van der Waals surface area (Å²) >= 11 is 1.20. The number of ketones is 1. The Bertz CT molecular complexity index is 1530. The van der Waals surface area contributed by atoms with E-state index in [0.29, 0.717) is 5.56 Å². The molecule has 0 bridgehead atoms. The maximum Gasteiger partial charge on any atom is 0.416 e. The van der Waals surface area contributed by atoms with Gasteiger partial charge in [0.05, 0.1) is 42.1 Å². The number of aromatic nitrogens is 2. The standard InChI is InChI=1S/C31H30F3N3O5S/c1-4-41-29(39)26-19(3)36-24(16-43-17-25(38)20-9-11-23(12-10-20)37-14-13-35-18-37)28(30(40)42-5-2)27(26)21-7-6-8-22(15-21)31(32,33)34/h6-15,18,26-27H,4-5,16-17H2,1-3H3. The number of Topliss-reactive ketones (excluding diaryl/α,β-unsaturated/α-hetero) is 1. The van der Waals surface area contributed by atoms with Gasteiger partial charge in [0.2, 0.25) is 0 Å². The number of hydrogen-bond acceptors (Lipinski definition) is 8. The Balaban J connectivity index is 1.66. The van der Waals surface area contributed by atoms with E-state index in [1.165, 1.54) is 23.9 Å². The van der Waals surface area contributed by atoms with Crippen LogP contribution in [-0.2, 0) is 25.2 Å². The molecule has 12 heteroatoms. The Morgan fingerprint density at radius 2 is 1.74 bits per heavy atom. The van der Waals surface area contributed by atoms with E-state index in [9.17, 15) is 27.6 Å². The van der Waals surface area contributed by atoms with Crippen LogP contribution in [0, 0.1) is 5.92 Å². The molecule has 1 aromatic heterocycles. The molecule has 0 amide bonds. The molecule has 1 aliphatic heterocycles. The number of aliphatic imine (C=N–C) groups is 1. The molecule has 0 radical (unpaired) electrons. The Hall–Kier alpha value is -4.19. The summed E-state index contributed by atoms with van der Waals surface area (Å²) in [5.41, 5.74) is 0.990. The molecule has 4 rings (SSSR count). The quantitative estimate of drug-likeness (QED) is 0.191. The number of carbonyl (C=O) groups is 3. The summed E-state index contributed by atoms with van der Waals surface area (Å²) in [5.74, 6) is -3.83. The zero-order valence-corrected chi connectivity index (χ0v) is 24.6. The molecule has 0 spiro atoms. The summed E-state index contributed by atoms with van der Waals surface area (Å²) < 4.78 is 53.3. The lowest BCUT2D eigenvalue weighted by Crippen LogP contribution is -2.37. The molecule has 43 heavy (non-hydrogen) atoms. The maximum atomic E-state index is 13.7. The van der Waals surface area contributed by atoms with Crippen LogP contribution in [0.5, 0.6) is 0 Å². The maximum absolute atomic E-state index is 13.7. The van der Waals surface area contributed by atoms with E-state index in [2.05, 4.69) is 9.98 Å². The largest absolute Gasteiger partial charge is 0.465 e. The summed E-state index contributed by atoms with van der Waals surface area (Å²) in [5, 5.41) is 0. The van der Waals surface area contributed by atoms with Gasteiger partial charge < -0.3 is 14.0 Å². The molecular weight excluding hydrogens is 583 g/mol. The molecule has 0 saturated carbocycles. The van der Waals surface area contributed by atoms with Crippen LogP contribution in [0.1, 0.15) is 48.2 Å². The van der Waals surface area contributed by atoms with Crippen LogP contribution < -0.4 is 0 Å². The number of esters is 2. The average molecular weight is 614 g/mol. The number of ether oxygens (including phenoxy) is 2. The second kappa shape index (κ2) is 13.9. The summed E-state index contributed by atoms with van der Waals surface area (Å²) in [4.78, 5) is 48.0. The number of alkyl halides is 3. The molecule has 2 heterocycles. The van der Waals surface area contributed by atoms with Gasteiger partial charge in [0.1, 0.15) is 5.92 Å². The third-order valence-electron chi connectivity index (χ3n) is 6.79. The normalized spacial score (nSPS) is 16.9. The van der Waals surface area contributed by atoms with E-state index < -0.39 is 35.5 Å². The Kier molecular flexibility index (Phi) is 10.2. The molecule has 2 atom stereocenters. The first kappa shape index (κ1) is 31.7. The number of imidazole rings is 1. The smallest absolute Gasteiger partial charge is 0.416 e. The fraction of sp³-hybridized carbons (Fsp3) is 0.323. The lowest BCUT2D eigenvalue weighted by atomic mass is 9.75. The van der Waals surface area contributed by atoms with Crippen molar-refractivity contribution in [2.24, 2.45) is 10.9 Å². The molecular formula is C31H30F3N3O5S. The first-order valence-corrected chi connectivity index (χ1v) is 14.7. The summed E-state index contributed by atoms with van der Waals surface area (Å²) in [6, 6.07) is 11.5. The molecule has 3 aromatic rings. The molecule has 1 aliphatic rings. The van der Waals surface area contributed by atoms with Gasteiger partial charge in [0.15, 0.2) is 5.78 Å². The summed E-state index contributed by atoms with van der Waals surface area (Å²) in [6.45, 7) is 4.81. The molecule has 0 fully saturated rings. The average Bonchev–Trinajstić information content (AvgIpc) is 3.52. The topological polar surface area (TPSA) is 99.9 Å². The van der Waals surface area contributed by atoms with Crippen LogP contribution in [0.2, 0.25) is 0 Å². The highest BCUT2D eigenvalue weighted by Crippen LogP contribution is 2.42. The second-order valence-corrected chi connectivity index (χ2v) is 10.6. The van der Waals surface area contributed by atoms with Crippen molar-refractivity contribution in [1.29, 1.82) is 0 Å². The first-order chi connectivity index (χ1) is 20.5. The van der Waals surface area contributed by atoms with Gasteiger partial charge in [-0.25, -0.2) is 9.78 Å². The third-order valence-corrected chi connectivity index (χ3v) is 7.73. The number of thioether (sulfide) groups is 1. The minimum absolute atomic E-state index is 0.00160. The molecule has 0 aliphatic carbocycles. The minimum Gasteiger partial charge on any atom is -0.465 e. The number of benzene rings is 2. The van der Waals surface area contributed by atoms with Crippen LogP contribution in [0.15, 0.2) is 83.5 Å². The highest BCUT2D eigenvalue weighted by atomic mass is 32.2. The lowest BCUT2D eigenvalue weighted by molar-refractivity contribution is -0.146. The van der Waals surface area contributed by atoms with Crippen molar-refractivity contribution in [3.05, 3.63) is 95.2 Å². The molecule has 0 N–H and O–H groups in total. The van der Waals surface area contributed by atoms with Crippen molar-refractivity contribution in [2.45, 2.75) is 32.9 Å². The number of carbonyl (C=O) groups excluding carboxylic acids is 3. The van der Waals surface area contributed by atoms with Crippen molar-refractivity contribution >= 4 is 35.2 Å². The van der Waals surface area contributed by atoms with Crippen LogP contribution >= 0.6 is 11.8 Å². The van der Waals surface area contributed by atoms with Gasteiger partial charge in [-0.3, -0.25) is 14.6 Å². The van der Waals surface area contributed by atoms with Gasteiger partial charge in [-0.2, -0.15) is 13.2 Å². The van der Waals surface area contributed by atoms with Gasteiger partial charge in [0.25, 0.3) is 0 Å². The minimum atomic E-state index is -4.64. The van der Waals surface area contributed by atoms with Gasteiger partial charge in [-0.1, -0.05) is 18.2 Å². The predicted molar refractivity (Wildman–Crippen MR) is 156 cm³/mol. The van der Waals surface area contributed by atoms with Crippen molar-refractivity contribution in [2.75, 3.05) is 24.7 Å².